The Labute approximate surface area is 192 Å². The Hall–Kier alpha value is -1.88. The van der Waals surface area contributed by atoms with Gasteiger partial charge in [0.05, 0.1) is 0 Å². The van der Waals surface area contributed by atoms with Crippen LogP contribution in [0.5, 0.6) is 0 Å². The van der Waals surface area contributed by atoms with Gasteiger partial charge in [-0.05, 0) is 68.3 Å². The molecular formula is C27H38N2O3. The average molecular weight is 439 g/mol. The van der Waals surface area contributed by atoms with Crippen LogP contribution in [-0.2, 0) is 20.9 Å². The lowest BCUT2D eigenvalue weighted by Crippen LogP contribution is -2.63. The van der Waals surface area contributed by atoms with Gasteiger partial charge in [-0.15, -0.1) is 0 Å². The molecular weight excluding hydrogens is 400 g/mol. The van der Waals surface area contributed by atoms with Gasteiger partial charge < -0.3 is 9.64 Å². The molecule has 0 aromatic heterocycles. The zero-order chi connectivity index (χ0) is 22.3. The minimum absolute atomic E-state index is 0.0447. The molecule has 1 aromatic carbocycles. The smallest absolute Gasteiger partial charge is 0.302 e. The van der Waals surface area contributed by atoms with Crippen molar-refractivity contribution in [2.75, 3.05) is 19.6 Å². The van der Waals surface area contributed by atoms with Crippen molar-refractivity contribution in [1.82, 2.24) is 9.80 Å². The van der Waals surface area contributed by atoms with E-state index in [0.717, 1.165) is 43.8 Å². The van der Waals surface area contributed by atoms with E-state index in [1.165, 1.54) is 51.0 Å². The standard InChI is InChI=1S/C27H38N2O3/c1-19(30)29(27-13-22-10-23(14-27)12-24(11-22)15-27)18-25-17-28(9-8-26(25)32-20(2)31)16-21-6-4-3-5-7-21/h3-7,22-26H,8-18H2,1-2H3. The maximum atomic E-state index is 13.0. The van der Waals surface area contributed by atoms with Gasteiger partial charge in [-0.1, -0.05) is 30.3 Å². The summed E-state index contributed by atoms with van der Waals surface area (Å²) in [5.74, 6) is 2.55. The molecule has 0 N–H and O–H groups in total. The molecule has 4 bridgehead atoms. The predicted octanol–water partition coefficient (Wildman–Crippen LogP) is 4.26. The fourth-order valence-corrected chi connectivity index (χ4v) is 7.90. The van der Waals surface area contributed by atoms with E-state index in [2.05, 4.69) is 40.1 Å². The van der Waals surface area contributed by atoms with E-state index in [1.54, 1.807) is 6.92 Å². The van der Waals surface area contributed by atoms with Gasteiger partial charge in [0.15, 0.2) is 0 Å². The first-order chi connectivity index (χ1) is 15.4. The third-order valence-electron chi connectivity index (χ3n) is 8.69. The van der Waals surface area contributed by atoms with Crippen molar-refractivity contribution in [1.29, 1.82) is 0 Å². The summed E-state index contributed by atoms with van der Waals surface area (Å²) in [7, 11) is 0. The summed E-state index contributed by atoms with van der Waals surface area (Å²) < 4.78 is 5.80. The molecule has 0 radical (unpaired) electrons. The van der Waals surface area contributed by atoms with Crippen LogP contribution >= 0.6 is 0 Å². The van der Waals surface area contributed by atoms with E-state index < -0.39 is 0 Å². The minimum Gasteiger partial charge on any atom is -0.462 e. The summed E-state index contributed by atoms with van der Waals surface area (Å²) >= 11 is 0. The Kier molecular flexibility index (Phi) is 6.04. The first-order valence-electron chi connectivity index (χ1n) is 12.6. The molecule has 5 aliphatic rings. The van der Waals surface area contributed by atoms with Crippen LogP contribution in [0.3, 0.4) is 0 Å². The Morgan fingerprint density at radius 1 is 1.03 bits per heavy atom. The van der Waals surface area contributed by atoms with Crippen molar-refractivity contribution >= 4 is 11.9 Å². The Balaban J connectivity index is 1.35. The molecule has 5 heteroatoms. The molecule has 0 spiro atoms. The highest BCUT2D eigenvalue weighted by molar-refractivity contribution is 5.74. The zero-order valence-corrected chi connectivity index (χ0v) is 19.7. The number of esters is 1. The SMILES string of the molecule is CC(=O)OC1CCN(Cc2ccccc2)CC1CN(C(C)=O)C12CC3CC(CC(C3)C1)C2. The van der Waals surface area contributed by atoms with Gasteiger partial charge in [-0.3, -0.25) is 14.5 Å². The molecule has 1 heterocycles. The third-order valence-corrected chi connectivity index (χ3v) is 8.69. The Morgan fingerprint density at radius 2 is 1.66 bits per heavy atom. The van der Waals surface area contributed by atoms with Gasteiger partial charge >= 0.3 is 5.97 Å². The second-order valence-electron chi connectivity index (χ2n) is 11.2. The molecule has 6 rings (SSSR count). The van der Waals surface area contributed by atoms with Crippen molar-refractivity contribution in [3.8, 4) is 0 Å². The topological polar surface area (TPSA) is 49.9 Å². The first-order valence-corrected chi connectivity index (χ1v) is 12.6. The van der Waals surface area contributed by atoms with Gasteiger partial charge in [0, 0.05) is 51.5 Å². The number of hydrogen-bond acceptors (Lipinski definition) is 4. The summed E-state index contributed by atoms with van der Waals surface area (Å²) in [5.41, 5.74) is 1.35. The van der Waals surface area contributed by atoms with Crippen LogP contribution in [0.25, 0.3) is 0 Å². The number of carbonyl (C=O) groups is 2. The summed E-state index contributed by atoms with van der Waals surface area (Å²) in [5, 5.41) is 0. The first kappa shape index (κ1) is 21.9. The maximum Gasteiger partial charge on any atom is 0.302 e. The van der Waals surface area contributed by atoms with Crippen LogP contribution in [0.2, 0.25) is 0 Å². The van der Waals surface area contributed by atoms with E-state index >= 15 is 0 Å². The normalized spacial score (nSPS) is 36.1. The fourth-order valence-electron chi connectivity index (χ4n) is 7.90. The van der Waals surface area contributed by atoms with Crippen LogP contribution in [0, 0.1) is 23.7 Å². The van der Waals surface area contributed by atoms with Crippen LogP contribution in [0.4, 0.5) is 0 Å². The van der Waals surface area contributed by atoms with Crippen LogP contribution in [0.1, 0.15) is 64.4 Å². The van der Waals surface area contributed by atoms with E-state index in [-0.39, 0.29) is 29.4 Å². The second kappa shape index (κ2) is 8.81. The van der Waals surface area contributed by atoms with E-state index in [9.17, 15) is 9.59 Å². The zero-order valence-electron chi connectivity index (χ0n) is 19.7. The van der Waals surface area contributed by atoms with E-state index in [0.29, 0.717) is 6.54 Å². The summed E-state index contributed by atoms with van der Waals surface area (Å²) in [6.07, 6.45) is 8.38. The van der Waals surface area contributed by atoms with Crippen molar-refractivity contribution in [2.45, 2.75) is 77.0 Å². The molecule has 5 fully saturated rings. The summed E-state index contributed by atoms with van der Waals surface area (Å²) in [4.78, 5) is 29.6. The Bertz CT molecular complexity index is 803. The van der Waals surface area contributed by atoms with Gasteiger partial charge in [-0.2, -0.15) is 0 Å². The summed E-state index contributed by atoms with van der Waals surface area (Å²) in [6, 6.07) is 10.6. The van der Waals surface area contributed by atoms with Crippen molar-refractivity contribution in [2.24, 2.45) is 23.7 Å². The number of carbonyl (C=O) groups excluding carboxylic acids is 2. The molecule has 5 nitrogen and oxygen atoms in total. The maximum absolute atomic E-state index is 13.0. The highest BCUT2D eigenvalue weighted by atomic mass is 16.5. The van der Waals surface area contributed by atoms with Gasteiger partial charge in [0.1, 0.15) is 6.10 Å². The molecule has 32 heavy (non-hydrogen) atoms. The predicted molar refractivity (Wildman–Crippen MR) is 124 cm³/mol. The number of benzene rings is 1. The van der Waals surface area contributed by atoms with Crippen molar-refractivity contribution in [3.63, 3.8) is 0 Å². The van der Waals surface area contributed by atoms with Crippen LogP contribution in [0.15, 0.2) is 30.3 Å². The fraction of sp³-hybridized carbons (Fsp3) is 0.704. The highest BCUT2D eigenvalue weighted by Crippen LogP contribution is 2.58. The highest BCUT2D eigenvalue weighted by Gasteiger charge is 2.54. The molecule has 1 aromatic rings. The lowest BCUT2D eigenvalue weighted by molar-refractivity contribution is -0.160. The van der Waals surface area contributed by atoms with E-state index in [4.69, 9.17) is 4.74 Å². The molecule has 1 aliphatic heterocycles. The van der Waals surface area contributed by atoms with Crippen LogP contribution < -0.4 is 0 Å². The molecule has 2 unspecified atom stereocenters. The van der Waals surface area contributed by atoms with Gasteiger partial charge in [-0.25, -0.2) is 0 Å². The number of likely N-dealkylation sites (tertiary alicyclic amines) is 1. The molecule has 1 amide bonds. The monoisotopic (exact) mass is 438 g/mol. The number of rotatable bonds is 6. The Morgan fingerprint density at radius 3 is 2.22 bits per heavy atom. The molecule has 4 saturated carbocycles. The number of nitrogens with zero attached hydrogens (tertiary/aromatic N) is 2. The average Bonchev–Trinajstić information content (AvgIpc) is 2.72. The second-order valence-corrected chi connectivity index (χ2v) is 11.2. The molecule has 174 valence electrons. The third kappa shape index (κ3) is 4.46. The molecule has 1 saturated heterocycles. The largest absolute Gasteiger partial charge is 0.462 e. The van der Waals surface area contributed by atoms with Gasteiger partial charge in [0.25, 0.3) is 0 Å². The number of amides is 1. The van der Waals surface area contributed by atoms with Crippen molar-refractivity contribution < 1.29 is 14.3 Å². The van der Waals surface area contributed by atoms with Gasteiger partial charge in [0.2, 0.25) is 5.91 Å². The molecule has 4 aliphatic carbocycles. The van der Waals surface area contributed by atoms with Crippen LogP contribution in [-0.4, -0.2) is 53.0 Å². The quantitative estimate of drug-likeness (QED) is 0.623. The summed E-state index contributed by atoms with van der Waals surface area (Å²) in [6.45, 7) is 6.66. The number of ether oxygens (including phenoxy) is 1. The lowest BCUT2D eigenvalue weighted by Gasteiger charge is -2.61. The van der Waals surface area contributed by atoms with Crippen molar-refractivity contribution in [3.05, 3.63) is 35.9 Å². The number of hydrogen-bond donors (Lipinski definition) is 0. The minimum atomic E-state index is -0.208. The van der Waals surface area contributed by atoms with E-state index in [1.807, 2.05) is 0 Å². The molecule has 2 atom stereocenters. The number of piperidine rings is 1. The lowest BCUT2D eigenvalue weighted by atomic mass is 9.52.